The van der Waals surface area contributed by atoms with Crippen molar-refractivity contribution >= 4 is 70.0 Å². The molecule has 0 radical (unpaired) electrons. The molecule has 0 aliphatic rings. The van der Waals surface area contributed by atoms with Gasteiger partial charge in [-0.25, -0.2) is 0 Å². The number of azide groups is 1. The zero-order chi connectivity index (χ0) is 68.4. The van der Waals surface area contributed by atoms with Crippen LogP contribution in [0.4, 0.5) is 0 Å². The number of nitrogens with zero attached hydrogens (tertiary/aromatic N) is 3. The molecule has 0 aromatic heterocycles. The van der Waals surface area contributed by atoms with Gasteiger partial charge in [-0.3, -0.25) is 47.9 Å². The van der Waals surface area contributed by atoms with Crippen molar-refractivity contribution in [2.75, 3.05) is 19.6 Å². The van der Waals surface area contributed by atoms with E-state index in [0.717, 1.165) is 24.0 Å². The summed E-state index contributed by atoms with van der Waals surface area (Å²) in [6.45, 7) is 7.03. The summed E-state index contributed by atoms with van der Waals surface area (Å²) in [4.78, 5) is 168. The molecule has 20 nitrogen and oxygen atoms in total. The second-order valence-electron chi connectivity index (χ2n) is 24.2. The Morgan fingerprint density at radius 1 is 0.468 bits per heavy atom. The number of carbonyl (C=O) groups excluding carboxylic acids is 12. The third-order valence-corrected chi connectivity index (χ3v) is 16.6. The van der Waals surface area contributed by atoms with Crippen molar-refractivity contribution in [1.82, 2.24) is 26.6 Å². The topological polar surface area (TPSA) is 314 Å². The van der Waals surface area contributed by atoms with Gasteiger partial charge in [-0.05, 0) is 86.2 Å². The van der Waals surface area contributed by atoms with Crippen LogP contribution in [0, 0.1) is 30.6 Å². The molecular weight excluding hydrogens is 1190 g/mol. The van der Waals surface area contributed by atoms with E-state index in [9.17, 15) is 47.9 Å². The zero-order valence-electron chi connectivity index (χ0n) is 54.7. The summed E-state index contributed by atoms with van der Waals surface area (Å²) < 4.78 is 0. The van der Waals surface area contributed by atoms with Crippen molar-refractivity contribution < 1.29 is 57.5 Å². The first-order chi connectivity index (χ1) is 45.1. The number of hydrogen-bond donors (Lipinski definition) is 5. The monoisotopic (exact) mass is 1280 g/mol. The second-order valence-corrected chi connectivity index (χ2v) is 24.2. The Labute approximate surface area is 551 Å². The molecular formula is C74H90N8O12. The van der Waals surface area contributed by atoms with Crippen LogP contribution in [0.3, 0.4) is 0 Å². The molecule has 20 heteroatoms. The summed E-state index contributed by atoms with van der Waals surface area (Å²) in [5, 5.41) is 17.6. The normalized spacial score (nSPS) is 13.0. The second kappa shape index (κ2) is 39.8. The van der Waals surface area contributed by atoms with Crippen LogP contribution in [0.2, 0.25) is 0 Å². The summed E-state index contributed by atoms with van der Waals surface area (Å²) in [5.74, 6) is -11.0. The molecule has 5 aromatic rings. The molecule has 94 heavy (non-hydrogen) atoms. The highest BCUT2D eigenvalue weighted by atomic mass is 16.2. The van der Waals surface area contributed by atoms with E-state index in [1.807, 2.05) is 129 Å². The minimum atomic E-state index is -1.38. The van der Waals surface area contributed by atoms with E-state index in [0.29, 0.717) is 35.1 Å². The minimum Gasteiger partial charge on any atom is -0.349 e. The lowest BCUT2D eigenvalue weighted by atomic mass is 9.76. The number of rotatable bonds is 44. The van der Waals surface area contributed by atoms with Crippen LogP contribution in [-0.2, 0) is 75.9 Å². The lowest BCUT2D eigenvalue weighted by Crippen LogP contribution is -2.51. The molecule has 5 aromatic carbocycles. The molecule has 498 valence electrons. The van der Waals surface area contributed by atoms with Gasteiger partial charge in [0.05, 0.1) is 31.1 Å². The Kier molecular flexibility index (Phi) is 31.8. The van der Waals surface area contributed by atoms with E-state index in [1.54, 1.807) is 37.3 Å². The number of unbranched alkanes of at least 4 members (excludes halogenated alkanes) is 2. The van der Waals surface area contributed by atoms with Gasteiger partial charge in [0.1, 0.15) is 22.9 Å². The highest BCUT2D eigenvalue weighted by molar-refractivity contribution is 5.98. The lowest BCUT2D eigenvalue weighted by Gasteiger charge is -2.37. The Morgan fingerprint density at radius 2 is 0.926 bits per heavy atom. The summed E-state index contributed by atoms with van der Waals surface area (Å²) in [5.41, 5.74) is 11.9. The van der Waals surface area contributed by atoms with Crippen molar-refractivity contribution in [2.45, 2.75) is 161 Å². The molecule has 0 aliphatic carbocycles. The van der Waals surface area contributed by atoms with Crippen LogP contribution < -0.4 is 26.6 Å². The maximum Gasteiger partial charge on any atom is 0.224 e. The molecule has 5 N–H and O–H groups in total. The van der Waals surface area contributed by atoms with E-state index in [-0.39, 0.29) is 87.5 Å². The van der Waals surface area contributed by atoms with Crippen LogP contribution in [-0.4, -0.2) is 102 Å². The molecule has 0 saturated heterocycles. The van der Waals surface area contributed by atoms with Crippen molar-refractivity contribution in [2.24, 2.45) is 28.8 Å². The lowest BCUT2D eigenvalue weighted by molar-refractivity contribution is -0.137. The zero-order valence-corrected chi connectivity index (χ0v) is 54.7. The van der Waals surface area contributed by atoms with Gasteiger partial charge in [0.25, 0.3) is 0 Å². The minimum absolute atomic E-state index is 0.0787. The predicted molar refractivity (Wildman–Crippen MR) is 357 cm³/mol. The standard InChI is InChI=1S/C74H90N8O12/c1-6-8-13-30-65(67(88)7-2)79-73(94)58(47-69(90)81-74(59-24-16-10-17-25-59,60-26-18-11-19-27-60)61-28-20-12-21-29-61)46-68(89)66(42-53-22-14-9-15-23-53)80-72(93)56(38-34-52(5)84)44-64(87)48-76-70(91)55(37-33-51(4)83)43-63(86)49-77-71(92)57(45-62(85)39-40-78-82-75)41-54-35-31-50(3)32-36-54/h9-12,14-29,31-32,35-36,55-58,65-66H,6-8,13,30,33-34,37-49H2,1-5H3,(H,76,91)(H,77,92)(H,79,94)(H,80,93)(H,81,90)/t55-,56-,57-,58+,65-,66-/m0/s1. The van der Waals surface area contributed by atoms with Gasteiger partial charge >= 0.3 is 0 Å². The van der Waals surface area contributed by atoms with Crippen LogP contribution in [0.1, 0.15) is 157 Å². The van der Waals surface area contributed by atoms with E-state index in [2.05, 4.69) is 36.6 Å². The van der Waals surface area contributed by atoms with Crippen LogP contribution in [0.25, 0.3) is 10.4 Å². The van der Waals surface area contributed by atoms with E-state index in [1.165, 1.54) is 13.8 Å². The Hall–Kier alpha value is -9.55. The van der Waals surface area contributed by atoms with Crippen molar-refractivity contribution in [3.05, 3.63) is 189 Å². The predicted octanol–water partition coefficient (Wildman–Crippen LogP) is 9.78. The van der Waals surface area contributed by atoms with Gasteiger partial charge < -0.3 is 36.2 Å². The van der Waals surface area contributed by atoms with Gasteiger partial charge in [0.15, 0.2) is 23.1 Å². The number of hydrogen-bond acceptors (Lipinski definition) is 13. The fourth-order valence-electron chi connectivity index (χ4n) is 11.4. The molecule has 0 aliphatic heterocycles. The van der Waals surface area contributed by atoms with Gasteiger partial charge in [0.2, 0.25) is 29.5 Å². The third kappa shape index (κ3) is 25.2. The average Bonchev–Trinajstić information content (AvgIpc) is 0.756. The summed E-state index contributed by atoms with van der Waals surface area (Å²) >= 11 is 0. The number of ketones is 7. The van der Waals surface area contributed by atoms with Gasteiger partial charge in [-0.15, -0.1) is 0 Å². The van der Waals surface area contributed by atoms with Gasteiger partial charge in [-0.2, -0.15) is 0 Å². The first-order valence-electron chi connectivity index (χ1n) is 32.5. The largest absolute Gasteiger partial charge is 0.349 e. The van der Waals surface area contributed by atoms with Gasteiger partial charge in [-0.1, -0.05) is 189 Å². The van der Waals surface area contributed by atoms with Crippen LogP contribution in [0.5, 0.6) is 0 Å². The van der Waals surface area contributed by atoms with Crippen molar-refractivity contribution in [3.63, 3.8) is 0 Å². The molecule has 0 unspecified atom stereocenters. The maximum atomic E-state index is 15.1. The molecule has 0 saturated carbocycles. The summed E-state index contributed by atoms with van der Waals surface area (Å²) in [6.07, 6.45) is 0.0897. The Morgan fingerprint density at radius 3 is 1.41 bits per heavy atom. The number of carbonyl (C=O) groups is 12. The number of amides is 5. The molecule has 0 bridgehead atoms. The molecule has 5 amide bonds. The molecule has 0 heterocycles. The molecule has 0 fully saturated rings. The summed E-state index contributed by atoms with van der Waals surface area (Å²) in [7, 11) is 0. The number of Topliss-reactive ketones (excluding diaryl/α,β-unsaturated/α-hetero) is 7. The Bertz CT molecular complexity index is 3320. The van der Waals surface area contributed by atoms with E-state index in [4.69, 9.17) is 5.53 Å². The fourth-order valence-corrected chi connectivity index (χ4v) is 11.4. The first kappa shape index (κ1) is 75.2. The maximum absolute atomic E-state index is 15.1. The average molecular weight is 1280 g/mol. The van der Waals surface area contributed by atoms with Crippen molar-refractivity contribution in [3.8, 4) is 0 Å². The third-order valence-electron chi connectivity index (χ3n) is 16.6. The first-order valence-corrected chi connectivity index (χ1v) is 32.5. The van der Waals surface area contributed by atoms with Crippen molar-refractivity contribution in [1.29, 1.82) is 0 Å². The number of nitrogens with one attached hydrogen (secondary N) is 5. The number of aryl methyl sites for hydroxylation is 1. The Balaban J connectivity index is 1.38. The smallest absolute Gasteiger partial charge is 0.224 e. The number of benzene rings is 5. The van der Waals surface area contributed by atoms with E-state index >= 15 is 9.59 Å². The van der Waals surface area contributed by atoms with Gasteiger partial charge in [0, 0.05) is 87.0 Å². The SMILES string of the molecule is CCCCC[C@H](NC(=O)[C@@H](CC(=O)NC(c1ccccc1)(c1ccccc1)c1ccccc1)CC(=O)[C@H](Cc1ccccc1)NC(=O)[C@@H](CCC(C)=O)CC(=O)CNC(=O)[C@@H](CCC(C)=O)CC(=O)CNC(=O)[C@H](CC(=O)CCN=[N+]=[N-])Cc1ccc(C)cc1)C(=O)CC. The molecule has 6 atom stereocenters. The van der Waals surface area contributed by atoms with Crippen LogP contribution in [0.15, 0.2) is 151 Å². The molecule has 5 rings (SSSR count). The molecule has 0 spiro atoms. The highest BCUT2D eigenvalue weighted by Gasteiger charge is 2.40. The summed E-state index contributed by atoms with van der Waals surface area (Å²) in [6, 6.07) is 41.9. The van der Waals surface area contributed by atoms with Crippen LogP contribution >= 0.6 is 0 Å². The van der Waals surface area contributed by atoms with E-state index < -0.39 is 127 Å². The fraction of sp³-hybridized carbons (Fsp3) is 0.432. The quantitative estimate of drug-likeness (QED) is 0.00800. The highest BCUT2D eigenvalue weighted by Crippen LogP contribution is 2.37.